The molecule has 1 aliphatic heterocycles. The van der Waals surface area contributed by atoms with Crippen molar-refractivity contribution in [1.29, 1.82) is 0 Å². The maximum atomic E-state index is 12.4. The van der Waals surface area contributed by atoms with Crippen LogP contribution in [0, 0.1) is 13.8 Å². The third-order valence-electron chi connectivity index (χ3n) is 5.45. The highest BCUT2D eigenvalue weighted by Gasteiger charge is 2.35. The number of aliphatic carboxylic acids is 1. The molecule has 2 heterocycles. The van der Waals surface area contributed by atoms with Gasteiger partial charge >= 0.3 is 5.97 Å². The van der Waals surface area contributed by atoms with Gasteiger partial charge in [0.1, 0.15) is 12.4 Å². The van der Waals surface area contributed by atoms with E-state index in [9.17, 15) is 9.90 Å². The number of benzene rings is 2. The maximum Gasteiger partial charge on any atom is 0.337 e. The molecule has 1 aliphatic rings. The Balaban J connectivity index is 2.13. The third-order valence-corrected chi connectivity index (χ3v) is 5.71. The predicted octanol–water partition coefficient (Wildman–Crippen LogP) is 5.91. The van der Waals surface area contributed by atoms with Crippen LogP contribution in [-0.4, -0.2) is 27.9 Å². The number of rotatable bonds is 4. The van der Waals surface area contributed by atoms with Crippen molar-refractivity contribution in [3.05, 3.63) is 52.2 Å². The molecule has 1 aromatic heterocycles. The number of hydrogen-bond acceptors (Lipinski definition) is 3. The Kier molecular flexibility index (Phi) is 5.07. The summed E-state index contributed by atoms with van der Waals surface area (Å²) >= 11 is 6.13. The van der Waals surface area contributed by atoms with E-state index in [0.717, 1.165) is 45.6 Å². The summed E-state index contributed by atoms with van der Waals surface area (Å²) in [6.45, 7) is 10.9. The minimum atomic E-state index is -1.13. The SMILES string of the molecule is Cc1c([C@H](OC(C)(C)C)C(=O)O)c(-c2ccc(Cl)cc2)c2cc(C)n3c2c1OCC3. The molecule has 0 fully saturated rings. The molecule has 3 aromatic rings. The van der Waals surface area contributed by atoms with Gasteiger partial charge in [0.05, 0.1) is 17.7 Å². The van der Waals surface area contributed by atoms with Crippen molar-refractivity contribution in [2.45, 2.75) is 52.9 Å². The molecule has 0 aliphatic carbocycles. The first-order valence-corrected chi connectivity index (χ1v) is 10.4. The Morgan fingerprint density at radius 2 is 1.90 bits per heavy atom. The molecular formula is C24H26ClNO4. The molecule has 2 aromatic carbocycles. The van der Waals surface area contributed by atoms with E-state index in [-0.39, 0.29) is 0 Å². The molecule has 0 bridgehead atoms. The minimum Gasteiger partial charge on any atom is -0.489 e. The second-order valence-electron chi connectivity index (χ2n) is 8.75. The molecule has 1 N–H and O–H groups in total. The van der Waals surface area contributed by atoms with Crippen LogP contribution < -0.4 is 4.74 Å². The van der Waals surface area contributed by atoms with Gasteiger partial charge in [-0.25, -0.2) is 4.79 Å². The summed E-state index contributed by atoms with van der Waals surface area (Å²) in [5, 5.41) is 11.7. The van der Waals surface area contributed by atoms with E-state index in [1.54, 1.807) is 0 Å². The number of halogens is 1. The molecular weight excluding hydrogens is 402 g/mol. The Labute approximate surface area is 181 Å². The standard InChI is InChI=1S/C24H26ClNO4/c1-13-12-17-19(15-6-8-16(25)9-7-15)18(22(23(27)28)30-24(3,4)5)14(2)21-20(17)26(13)10-11-29-21/h6-9,12,22H,10-11H2,1-5H3,(H,27,28)/t22-/m0/s1. The van der Waals surface area contributed by atoms with Crippen LogP contribution >= 0.6 is 11.6 Å². The predicted molar refractivity (Wildman–Crippen MR) is 119 cm³/mol. The Hall–Kier alpha value is -2.50. The van der Waals surface area contributed by atoms with Gasteiger partial charge in [0.15, 0.2) is 6.10 Å². The van der Waals surface area contributed by atoms with Crippen molar-refractivity contribution >= 4 is 28.5 Å². The van der Waals surface area contributed by atoms with Gasteiger partial charge < -0.3 is 19.1 Å². The molecule has 0 amide bonds. The summed E-state index contributed by atoms with van der Waals surface area (Å²) in [6.07, 6.45) is -1.13. The zero-order valence-electron chi connectivity index (χ0n) is 17.9. The van der Waals surface area contributed by atoms with E-state index < -0.39 is 17.7 Å². The normalized spacial score (nSPS) is 14.6. The van der Waals surface area contributed by atoms with Crippen LogP contribution in [0.3, 0.4) is 0 Å². The molecule has 1 atom stereocenters. The molecule has 0 radical (unpaired) electrons. The van der Waals surface area contributed by atoms with Gasteiger partial charge in [0, 0.05) is 27.2 Å². The maximum absolute atomic E-state index is 12.4. The van der Waals surface area contributed by atoms with Gasteiger partial charge in [-0.05, 0) is 63.9 Å². The fourth-order valence-electron chi connectivity index (χ4n) is 4.29. The highest BCUT2D eigenvalue weighted by Crippen LogP contribution is 2.47. The second-order valence-corrected chi connectivity index (χ2v) is 9.18. The Morgan fingerprint density at radius 1 is 1.23 bits per heavy atom. The van der Waals surface area contributed by atoms with Crippen molar-refractivity contribution in [2.24, 2.45) is 0 Å². The van der Waals surface area contributed by atoms with Gasteiger partial charge in [0.25, 0.3) is 0 Å². The van der Waals surface area contributed by atoms with E-state index in [1.165, 1.54) is 0 Å². The van der Waals surface area contributed by atoms with E-state index in [1.807, 2.05) is 52.0 Å². The number of aromatic nitrogens is 1. The van der Waals surface area contributed by atoms with Gasteiger partial charge in [-0.2, -0.15) is 0 Å². The van der Waals surface area contributed by atoms with Gasteiger partial charge in [0.2, 0.25) is 0 Å². The zero-order valence-corrected chi connectivity index (χ0v) is 18.6. The summed E-state index contributed by atoms with van der Waals surface area (Å²) in [7, 11) is 0. The fraction of sp³-hybridized carbons (Fsp3) is 0.375. The van der Waals surface area contributed by atoms with Crippen LogP contribution in [0.4, 0.5) is 0 Å². The summed E-state index contributed by atoms with van der Waals surface area (Å²) in [5.41, 5.74) is 4.66. The molecule has 158 valence electrons. The molecule has 6 heteroatoms. The summed E-state index contributed by atoms with van der Waals surface area (Å²) in [4.78, 5) is 12.4. The lowest BCUT2D eigenvalue weighted by molar-refractivity contribution is -0.160. The fourth-order valence-corrected chi connectivity index (χ4v) is 4.42. The first-order valence-electron chi connectivity index (χ1n) is 10.0. The third kappa shape index (κ3) is 3.46. The van der Waals surface area contributed by atoms with Crippen LogP contribution in [0.25, 0.3) is 22.0 Å². The average molecular weight is 428 g/mol. The molecule has 30 heavy (non-hydrogen) atoms. The van der Waals surface area contributed by atoms with Crippen LogP contribution in [0.1, 0.15) is 43.7 Å². The van der Waals surface area contributed by atoms with Crippen LogP contribution in [0.5, 0.6) is 5.75 Å². The quantitative estimate of drug-likeness (QED) is 0.562. The van der Waals surface area contributed by atoms with Crippen molar-refractivity contribution in [2.75, 3.05) is 6.61 Å². The molecule has 0 unspecified atom stereocenters. The Morgan fingerprint density at radius 3 is 2.50 bits per heavy atom. The van der Waals surface area contributed by atoms with E-state index in [4.69, 9.17) is 21.1 Å². The van der Waals surface area contributed by atoms with Crippen molar-refractivity contribution < 1.29 is 19.4 Å². The van der Waals surface area contributed by atoms with Gasteiger partial charge in [-0.15, -0.1) is 0 Å². The molecule has 0 saturated carbocycles. The molecule has 5 nitrogen and oxygen atoms in total. The first-order chi connectivity index (χ1) is 14.1. The number of nitrogens with zero attached hydrogens (tertiary/aromatic N) is 1. The van der Waals surface area contributed by atoms with Crippen LogP contribution in [0.2, 0.25) is 5.02 Å². The lowest BCUT2D eigenvalue weighted by Crippen LogP contribution is -2.28. The summed E-state index contributed by atoms with van der Waals surface area (Å²) in [6, 6.07) is 9.60. The zero-order chi connectivity index (χ0) is 21.8. The number of ether oxygens (including phenoxy) is 2. The topological polar surface area (TPSA) is 60.7 Å². The highest BCUT2D eigenvalue weighted by atomic mass is 35.5. The second kappa shape index (κ2) is 7.33. The summed E-state index contributed by atoms with van der Waals surface area (Å²) < 4.78 is 14.4. The van der Waals surface area contributed by atoms with Crippen molar-refractivity contribution in [3.63, 3.8) is 0 Å². The largest absolute Gasteiger partial charge is 0.489 e. The number of carboxylic acid groups (broad SMARTS) is 1. The Bertz CT molecular complexity index is 1140. The lowest BCUT2D eigenvalue weighted by Gasteiger charge is -2.30. The number of carbonyl (C=O) groups is 1. The van der Waals surface area contributed by atoms with Crippen LogP contribution in [-0.2, 0) is 16.1 Å². The number of aryl methyl sites for hydroxylation is 1. The van der Waals surface area contributed by atoms with E-state index >= 15 is 0 Å². The van der Waals surface area contributed by atoms with Crippen molar-refractivity contribution in [1.82, 2.24) is 4.57 Å². The lowest BCUT2D eigenvalue weighted by atomic mass is 9.88. The van der Waals surface area contributed by atoms with Crippen molar-refractivity contribution in [3.8, 4) is 16.9 Å². The van der Waals surface area contributed by atoms with E-state index in [0.29, 0.717) is 17.2 Å². The molecule has 0 spiro atoms. The van der Waals surface area contributed by atoms with Gasteiger partial charge in [-0.3, -0.25) is 0 Å². The minimum absolute atomic E-state index is 0.552. The highest BCUT2D eigenvalue weighted by molar-refractivity contribution is 6.30. The number of carboxylic acids is 1. The van der Waals surface area contributed by atoms with E-state index in [2.05, 4.69) is 17.6 Å². The molecule has 0 saturated heterocycles. The average Bonchev–Trinajstić information content (AvgIpc) is 3.00. The summed E-state index contributed by atoms with van der Waals surface area (Å²) in [5.74, 6) is -0.289. The number of hydrogen-bond donors (Lipinski definition) is 1. The van der Waals surface area contributed by atoms with Gasteiger partial charge in [-0.1, -0.05) is 23.7 Å². The van der Waals surface area contributed by atoms with Crippen LogP contribution in [0.15, 0.2) is 30.3 Å². The monoisotopic (exact) mass is 427 g/mol. The first kappa shape index (κ1) is 20.8. The smallest absolute Gasteiger partial charge is 0.337 e. The molecule has 4 rings (SSSR count).